The van der Waals surface area contributed by atoms with Gasteiger partial charge in [-0.25, -0.2) is 26.3 Å². The molecule has 3 aromatic rings. The van der Waals surface area contributed by atoms with Crippen molar-refractivity contribution in [1.29, 1.82) is 0 Å². The molecule has 0 N–H and O–H groups in total. The number of rotatable bonds is 6. The predicted molar refractivity (Wildman–Crippen MR) is 103 cm³/mol. The standard InChI is InChI=1S/C24H20F6/c1-13-7-22(28)17(12-19(13)25)5-6-18-23(29)10-16(11-24(18)30)4-3-15-8-20(26)14(2)21(27)9-15/h7-12H,3-6H2,1-2H3. The Bertz CT molecular complexity index is 1040. The van der Waals surface area contributed by atoms with Gasteiger partial charge >= 0.3 is 0 Å². The first kappa shape index (κ1) is 21.9. The summed E-state index contributed by atoms with van der Waals surface area (Å²) in [6, 6.07) is 6.81. The number of hydrogen-bond donors (Lipinski definition) is 0. The molecule has 0 atom stereocenters. The molecule has 3 rings (SSSR count). The molecule has 0 bridgehead atoms. The molecule has 0 nitrogen and oxygen atoms in total. The second-order valence-electron chi connectivity index (χ2n) is 7.42. The summed E-state index contributed by atoms with van der Waals surface area (Å²) in [5, 5.41) is 0. The molecule has 0 radical (unpaired) electrons. The van der Waals surface area contributed by atoms with Crippen LogP contribution in [-0.4, -0.2) is 0 Å². The second-order valence-corrected chi connectivity index (χ2v) is 7.42. The molecule has 0 saturated heterocycles. The molecule has 30 heavy (non-hydrogen) atoms. The Kier molecular flexibility index (Phi) is 6.54. The van der Waals surface area contributed by atoms with Gasteiger partial charge in [0.1, 0.15) is 34.9 Å². The highest BCUT2D eigenvalue weighted by Gasteiger charge is 2.14. The largest absolute Gasteiger partial charge is 0.207 e. The van der Waals surface area contributed by atoms with Gasteiger partial charge in [0.25, 0.3) is 0 Å². The highest BCUT2D eigenvalue weighted by atomic mass is 19.2. The van der Waals surface area contributed by atoms with Crippen molar-refractivity contribution in [1.82, 2.24) is 0 Å². The molecule has 0 saturated carbocycles. The van der Waals surface area contributed by atoms with E-state index in [0.29, 0.717) is 11.1 Å². The summed E-state index contributed by atoms with van der Waals surface area (Å²) >= 11 is 0. The van der Waals surface area contributed by atoms with Gasteiger partial charge < -0.3 is 0 Å². The molecular formula is C24H20F6. The van der Waals surface area contributed by atoms with E-state index in [-0.39, 0.29) is 47.9 Å². The molecule has 0 fully saturated rings. The summed E-state index contributed by atoms with van der Waals surface area (Å²) < 4.78 is 83.7. The third-order valence-corrected chi connectivity index (χ3v) is 5.22. The maximum Gasteiger partial charge on any atom is 0.129 e. The minimum absolute atomic E-state index is 0.0457. The van der Waals surface area contributed by atoms with Crippen molar-refractivity contribution < 1.29 is 26.3 Å². The normalized spacial score (nSPS) is 11.2. The fourth-order valence-electron chi connectivity index (χ4n) is 3.31. The first-order valence-electron chi connectivity index (χ1n) is 9.51. The Morgan fingerprint density at radius 2 is 1.00 bits per heavy atom. The molecular weight excluding hydrogens is 402 g/mol. The van der Waals surface area contributed by atoms with E-state index in [2.05, 4.69) is 0 Å². The summed E-state index contributed by atoms with van der Waals surface area (Å²) in [5.74, 6) is -4.12. The van der Waals surface area contributed by atoms with Gasteiger partial charge in [0, 0.05) is 11.1 Å². The zero-order chi connectivity index (χ0) is 22.0. The van der Waals surface area contributed by atoms with Crippen LogP contribution in [0.4, 0.5) is 26.3 Å². The molecule has 0 spiro atoms. The fourth-order valence-corrected chi connectivity index (χ4v) is 3.31. The molecule has 0 heterocycles. The zero-order valence-electron chi connectivity index (χ0n) is 16.6. The summed E-state index contributed by atoms with van der Waals surface area (Å²) in [5.41, 5.74) is 0.632. The zero-order valence-corrected chi connectivity index (χ0v) is 16.6. The van der Waals surface area contributed by atoms with Gasteiger partial charge in [-0.3, -0.25) is 0 Å². The quantitative estimate of drug-likeness (QED) is 0.388. The van der Waals surface area contributed by atoms with E-state index in [1.165, 1.54) is 26.0 Å². The molecule has 0 aliphatic heterocycles. The first-order chi connectivity index (χ1) is 14.2. The van der Waals surface area contributed by atoms with Crippen molar-refractivity contribution in [3.63, 3.8) is 0 Å². The van der Waals surface area contributed by atoms with Crippen LogP contribution in [0.2, 0.25) is 0 Å². The van der Waals surface area contributed by atoms with Gasteiger partial charge in [0.05, 0.1) is 0 Å². The second kappa shape index (κ2) is 8.94. The van der Waals surface area contributed by atoms with E-state index in [4.69, 9.17) is 0 Å². The Morgan fingerprint density at radius 3 is 1.53 bits per heavy atom. The maximum atomic E-state index is 14.4. The van der Waals surface area contributed by atoms with E-state index < -0.39 is 34.9 Å². The Morgan fingerprint density at radius 1 is 0.500 bits per heavy atom. The topological polar surface area (TPSA) is 0 Å². The van der Waals surface area contributed by atoms with Crippen molar-refractivity contribution in [3.05, 3.63) is 105 Å². The molecule has 0 amide bonds. The first-order valence-corrected chi connectivity index (χ1v) is 9.51. The Hall–Kier alpha value is -2.76. The molecule has 6 heteroatoms. The van der Waals surface area contributed by atoms with Crippen LogP contribution in [-0.2, 0) is 25.7 Å². The summed E-state index contributed by atoms with van der Waals surface area (Å²) in [7, 11) is 0. The third kappa shape index (κ3) is 4.86. The summed E-state index contributed by atoms with van der Waals surface area (Å²) in [6.45, 7) is 2.76. The molecule has 0 aliphatic rings. The van der Waals surface area contributed by atoms with Crippen LogP contribution in [0.25, 0.3) is 0 Å². The van der Waals surface area contributed by atoms with Gasteiger partial charge in [-0.1, -0.05) is 0 Å². The average Bonchev–Trinajstić information content (AvgIpc) is 2.67. The molecule has 0 aliphatic carbocycles. The van der Waals surface area contributed by atoms with Gasteiger partial charge in [0.2, 0.25) is 0 Å². The van der Waals surface area contributed by atoms with Crippen molar-refractivity contribution in [2.24, 2.45) is 0 Å². The molecule has 0 unspecified atom stereocenters. The van der Waals surface area contributed by atoms with Crippen molar-refractivity contribution >= 4 is 0 Å². The minimum Gasteiger partial charge on any atom is -0.207 e. The summed E-state index contributed by atoms with van der Waals surface area (Å²) in [6.07, 6.45) is 0.206. The lowest BCUT2D eigenvalue weighted by atomic mass is 9.98. The summed E-state index contributed by atoms with van der Waals surface area (Å²) in [4.78, 5) is 0. The lowest BCUT2D eigenvalue weighted by Crippen LogP contribution is -2.04. The van der Waals surface area contributed by atoms with Crippen molar-refractivity contribution in [2.75, 3.05) is 0 Å². The smallest absolute Gasteiger partial charge is 0.129 e. The van der Waals surface area contributed by atoms with Crippen molar-refractivity contribution in [2.45, 2.75) is 39.5 Å². The number of hydrogen-bond acceptors (Lipinski definition) is 0. The van der Waals surface area contributed by atoms with Gasteiger partial charge in [-0.05, 0) is 98.2 Å². The van der Waals surface area contributed by atoms with Crippen LogP contribution in [0.15, 0.2) is 36.4 Å². The third-order valence-electron chi connectivity index (χ3n) is 5.22. The van der Waals surface area contributed by atoms with E-state index in [0.717, 1.165) is 24.3 Å². The lowest BCUT2D eigenvalue weighted by molar-refractivity contribution is 0.544. The van der Waals surface area contributed by atoms with Crippen molar-refractivity contribution in [3.8, 4) is 0 Å². The predicted octanol–water partition coefficient (Wildman–Crippen LogP) is 6.71. The van der Waals surface area contributed by atoms with E-state index in [1.54, 1.807) is 0 Å². The fraction of sp³-hybridized carbons (Fsp3) is 0.250. The van der Waals surface area contributed by atoms with E-state index in [9.17, 15) is 26.3 Å². The SMILES string of the molecule is Cc1cc(F)c(CCc2c(F)cc(CCc3cc(F)c(C)c(F)c3)cc2F)cc1F. The van der Waals surface area contributed by atoms with E-state index in [1.807, 2.05) is 0 Å². The van der Waals surface area contributed by atoms with Gasteiger partial charge in [-0.2, -0.15) is 0 Å². The molecule has 158 valence electrons. The number of benzene rings is 3. The van der Waals surface area contributed by atoms with Gasteiger partial charge in [-0.15, -0.1) is 0 Å². The van der Waals surface area contributed by atoms with Crippen LogP contribution < -0.4 is 0 Å². The van der Waals surface area contributed by atoms with Crippen LogP contribution in [0.1, 0.15) is 33.4 Å². The minimum atomic E-state index is -0.792. The maximum absolute atomic E-state index is 14.4. The van der Waals surface area contributed by atoms with Crippen LogP contribution in [0.3, 0.4) is 0 Å². The average molecular weight is 422 g/mol. The van der Waals surface area contributed by atoms with Crippen LogP contribution >= 0.6 is 0 Å². The molecule has 3 aromatic carbocycles. The highest BCUT2D eigenvalue weighted by Crippen LogP contribution is 2.22. The monoisotopic (exact) mass is 422 g/mol. The van der Waals surface area contributed by atoms with E-state index >= 15 is 0 Å². The Labute approximate surface area is 171 Å². The lowest BCUT2D eigenvalue weighted by Gasteiger charge is -2.10. The number of halogens is 6. The number of aryl methyl sites for hydroxylation is 4. The highest BCUT2D eigenvalue weighted by molar-refractivity contribution is 5.31. The van der Waals surface area contributed by atoms with Crippen LogP contribution in [0.5, 0.6) is 0 Å². The van der Waals surface area contributed by atoms with Crippen LogP contribution in [0, 0.1) is 48.8 Å². The molecule has 0 aromatic heterocycles. The Balaban J connectivity index is 1.72. The van der Waals surface area contributed by atoms with Gasteiger partial charge in [0.15, 0.2) is 0 Å².